The third-order valence-electron chi connectivity index (χ3n) is 4.06. The first-order chi connectivity index (χ1) is 10.5. The van der Waals surface area contributed by atoms with Crippen molar-refractivity contribution in [3.63, 3.8) is 0 Å². The number of hydrogen-bond donors (Lipinski definition) is 1. The number of nitrogens with one attached hydrogen (secondary N) is 1. The first-order valence-corrected chi connectivity index (χ1v) is 7.85. The van der Waals surface area contributed by atoms with E-state index in [1.807, 2.05) is 23.9 Å². The number of halogens is 1. The van der Waals surface area contributed by atoms with Crippen LogP contribution in [0.4, 0.5) is 0 Å². The number of aryl methyl sites for hydroxylation is 2. The summed E-state index contributed by atoms with van der Waals surface area (Å²) in [5.41, 5.74) is 4.80. The van der Waals surface area contributed by atoms with E-state index < -0.39 is 0 Å². The van der Waals surface area contributed by atoms with Crippen LogP contribution in [0.3, 0.4) is 0 Å². The van der Waals surface area contributed by atoms with Crippen LogP contribution in [0.15, 0.2) is 24.3 Å². The number of nitrogens with zero attached hydrogens (tertiary/aromatic N) is 2. The van der Waals surface area contributed by atoms with Crippen molar-refractivity contribution in [2.45, 2.75) is 26.3 Å². The van der Waals surface area contributed by atoms with Gasteiger partial charge < -0.3 is 10.1 Å². The maximum absolute atomic E-state index is 5.96. The lowest BCUT2D eigenvalue weighted by molar-refractivity contribution is 0.177. The minimum atomic E-state index is 0.305. The minimum Gasteiger partial charge on any atom is -0.384 e. The van der Waals surface area contributed by atoms with Gasteiger partial charge in [-0.25, -0.2) is 0 Å². The maximum Gasteiger partial charge on any atom is 0.0641 e. The van der Waals surface area contributed by atoms with Crippen LogP contribution in [0, 0.1) is 13.8 Å². The van der Waals surface area contributed by atoms with Crippen LogP contribution in [-0.4, -0.2) is 30.0 Å². The molecule has 0 bridgehead atoms. The van der Waals surface area contributed by atoms with Gasteiger partial charge in [0.25, 0.3) is 0 Å². The summed E-state index contributed by atoms with van der Waals surface area (Å²) in [7, 11) is 3.71. The zero-order valence-corrected chi connectivity index (χ0v) is 14.4. The second-order valence-corrected chi connectivity index (χ2v) is 6.04. The van der Waals surface area contributed by atoms with Gasteiger partial charge in [-0.15, -0.1) is 0 Å². The van der Waals surface area contributed by atoms with Gasteiger partial charge in [-0.2, -0.15) is 5.10 Å². The molecule has 0 fully saturated rings. The van der Waals surface area contributed by atoms with Gasteiger partial charge in [0, 0.05) is 49.4 Å². The molecule has 0 spiro atoms. The van der Waals surface area contributed by atoms with E-state index in [-0.39, 0.29) is 0 Å². The number of rotatable bonds is 7. The minimum absolute atomic E-state index is 0.305. The van der Waals surface area contributed by atoms with E-state index in [1.54, 1.807) is 7.11 Å². The Kier molecular flexibility index (Phi) is 6.00. The molecule has 1 heterocycles. The van der Waals surface area contributed by atoms with Crippen LogP contribution in [0.2, 0.25) is 5.02 Å². The quantitative estimate of drug-likeness (QED) is 0.851. The molecule has 2 rings (SSSR count). The fourth-order valence-electron chi connectivity index (χ4n) is 2.65. The fourth-order valence-corrected chi connectivity index (χ4v) is 2.78. The third-order valence-corrected chi connectivity index (χ3v) is 4.31. The van der Waals surface area contributed by atoms with Gasteiger partial charge in [0.05, 0.1) is 12.3 Å². The van der Waals surface area contributed by atoms with Crippen molar-refractivity contribution < 1.29 is 4.74 Å². The van der Waals surface area contributed by atoms with Crippen LogP contribution in [-0.2, 0) is 18.3 Å². The van der Waals surface area contributed by atoms with E-state index in [1.165, 1.54) is 16.8 Å². The Morgan fingerprint density at radius 3 is 2.50 bits per heavy atom. The Bertz CT molecular complexity index is 607. The van der Waals surface area contributed by atoms with Gasteiger partial charge in [0.1, 0.15) is 0 Å². The maximum atomic E-state index is 5.96. The topological polar surface area (TPSA) is 39.1 Å². The summed E-state index contributed by atoms with van der Waals surface area (Å²) in [5, 5.41) is 8.74. The van der Waals surface area contributed by atoms with Crippen molar-refractivity contribution in [3.8, 4) is 0 Å². The molecule has 0 amide bonds. The molecular formula is C17H24ClN3O. The highest BCUT2D eigenvalue weighted by Crippen LogP contribution is 2.19. The van der Waals surface area contributed by atoms with Gasteiger partial charge >= 0.3 is 0 Å². The Morgan fingerprint density at radius 1 is 1.27 bits per heavy atom. The van der Waals surface area contributed by atoms with E-state index in [0.717, 1.165) is 23.8 Å². The van der Waals surface area contributed by atoms with Crippen molar-refractivity contribution in [2.75, 3.05) is 20.3 Å². The molecular weight excluding hydrogens is 298 g/mol. The first-order valence-electron chi connectivity index (χ1n) is 7.47. The fraction of sp³-hybridized carbons (Fsp3) is 0.471. The number of aromatic nitrogens is 2. The molecule has 1 N–H and O–H groups in total. The highest BCUT2D eigenvalue weighted by Gasteiger charge is 2.13. The highest BCUT2D eigenvalue weighted by atomic mass is 35.5. The van der Waals surface area contributed by atoms with Crippen LogP contribution in [0.25, 0.3) is 0 Å². The van der Waals surface area contributed by atoms with Gasteiger partial charge in [-0.1, -0.05) is 23.7 Å². The van der Waals surface area contributed by atoms with E-state index in [2.05, 4.69) is 36.4 Å². The van der Waals surface area contributed by atoms with Gasteiger partial charge in [0.15, 0.2) is 0 Å². The zero-order chi connectivity index (χ0) is 16.1. The lowest BCUT2D eigenvalue weighted by Crippen LogP contribution is -2.24. The Morgan fingerprint density at radius 2 is 1.95 bits per heavy atom. The molecule has 22 heavy (non-hydrogen) atoms. The summed E-state index contributed by atoms with van der Waals surface area (Å²) in [6, 6.07) is 7.98. The second kappa shape index (κ2) is 7.77. The van der Waals surface area contributed by atoms with Crippen molar-refractivity contribution in [1.29, 1.82) is 0 Å². The number of hydrogen-bond acceptors (Lipinski definition) is 3. The van der Waals surface area contributed by atoms with Crippen molar-refractivity contribution in [2.24, 2.45) is 7.05 Å². The Balaban J connectivity index is 1.98. The Labute approximate surface area is 137 Å². The molecule has 4 nitrogen and oxygen atoms in total. The molecule has 1 aromatic heterocycles. The average molecular weight is 322 g/mol. The van der Waals surface area contributed by atoms with Crippen LogP contribution in [0.1, 0.15) is 28.4 Å². The number of ether oxygens (including phenoxy) is 1. The molecule has 0 aliphatic heterocycles. The molecule has 1 unspecified atom stereocenters. The molecule has 2 aromatic rings. The first kappa shape index (κ1) is 17.0. The van der Waals surface area contributed by atoms with E-state index in [4.69, 9.17) is 16.3 Å². The second-order valence-electron chi connectivity index (χ2n) is 5.61. The molecule has 120 valence electrons. The normalized spacial score (nSPS) is 12.6. The third kappa shape index (κ3) is 4.09. The van der Waals surface area contributed by atoms with Crippen molar-refractivity contribution in [1.82, 2.24) is 15.1 Å². The van der Waals surface area contributed by atoms with Gasteiger partial charge in [0.2, 0.25) is 0 Å². The van der Waals surface area contributed by atoms with Crippen LogP contribution in [0.5, 0.6) is 0 Å². The molecule has 1 atom stereocenters. The monoisotopic (exact) mass is 321 g/mol. The van der Waals surface area contributed by atoms with Crippen molar-refractivity contribution in [3.05, 3.63) is 51.8 Å². The molecule has 5 heteroatoms. The number of methoxy groups -OCH3 is 1. The predicted octanol–water partition coefficient (Wildman–Crippen LogP) is 3.21. The molecule has 0 radical (unpaired) electrons. The van der Waals surface area contributed by atoms with E-state index in [9.17, 15) is 0 Å². The molecule has 0 aliphatic carbocycles. The molecule has 1 aromatic carbocycles. The summed E-state index contributed by atoms with van der Waals surface area (Å²) in [6.45, 7) is 6.50. The van der Waals surface area contributed by atoms with Crippen LogP contribution < -0.4 is 5.32 Å². The predicted molar refractivity (Wildman–Crippen MR) is 90.5 cm³/mol. The smallest absolute Gasteiger partial charge is 0.0641 e. The average Bonchev–Trinajstić information content (AvgIpc) is 2.73. The summed E-state index contributed by atoms with van der Waals surface area (Å²) in [5.74, 6) is 0.305. The summed E-state index contributed by atoms with van der Waals surface area (Å²) >= 11 is 5.96. The van der Waals surface area contributed by atoms with Gasteiger partial charge in [-0.05, 0) is 31.5 Å². The Hall–Kier alpha value is -1.36. The van der Waals surface area contributed by atoms with E-state index in [0.29, 0.717) is 12.5 Å². The van der Waals surface area contributed by atoms with Crippen LogP contribution >= 0.6 is 11.6 Å². The summed E-state index contributed by atoms with van der Waals surface area (Å²) in [6.07, 6.45) is 0. The molecule has 0 aliphatic rings. The standard InChI is InChI=1S/C17H24ClN3O/c1-12-17(13(2)21(3)20-12)10-19-9-15(11-22-4)14-5-7-16(18)8-6-14/h5-8,15,19H,9-11H2,1-4H3. The zero-order valence-electron chi connectivity index (χ0n) is 13.7. The highest BCUT2D eigenvalue weighted by molar-refractivity contribution is 6.30. The largest absolute Gasteiger partial charge is 0.384 e. The lowest BCUT2D eigenvalue weighted by atomic mass is 10.00. The number of benzene rings is 1. The summed E-state index contributed by atoms with van der Waals surface area (Å²) < 4.78 is 7.28. The summed E-state index contributed by atoms with van der Waals surface area (Å²) in [4.78, 5) is 0. The van der Waals surface area contributed by atoms with E-state index >= 15 is 0 Å². The lowest BCUT2D eigenvalue weighted by Gasteiger charge is -2.17. The molecule has 0 saturated carbocycles. The van der Waals surface area contributed by atoms with Gasteiger partial charge in [-0.3, -0.25) is 4.68 Å². The SMILES string of the molecule is COCC(CNCc1c(C)nn(C)c1C)c1ccc(Cl)cc1. The van der Waals surface area contributed by atoms with Crippen molar-refractivity contribution >= 4 is 11.6 Å². The molecule has 0 saturated heterocycles.